The fourth-order valence-electron chi connectivity index (χ4n) is 2.81. The maximum absolute atomic E-state index is 12.7. The average molecular weight is 359 g/mol. The summed E-state index contributed by atoms with van der Waals surface area (Å²) in [5.74, 6) is 1.05. The van der Waals surface area contributed by atoms with Crippen LogP contribution in [-0.2, 0) is 11.3 Å². The zero-order chi connectivity index (χ0) is 17.4. The highest BCUT2D eigenvalue weighted by Gasteiger charge is 2.36. The molecule has 2 rings (SSSR count). The molecule has 1 aromatic carbocycles. The van der Waals surface area contributed by atoms with Crippen molar-refractivity contribution in [2.75, 3.05) is 20.8 Å². The van der Waals surface area contributed by atoms with Crippen LogP contribution in [0.5, 0.6) is 11.5 Å². The van der Waals surface area contributed by atoms with E-state index < -0.39 is 12.1 Å². The van der Waals surface area contributed by atoms with Crippen molar-refractivity contribution in [1.82, 2.24) is 4.90 Å². The molecule has 0 saturated carbocycles. The third-order valence-corrected chi connectivity index (χ3v) is 4.30. The normalized spacial score (nSPS) is 18.3. The van der Waals surface area contributed by atoms with Crippen molar-refractivity contribution in [1.29, 1.82) is 0 Å². The molecule has 1 aliphatic rings. The molecule has 0 saturated heterocycles. The van der Waals surface area contributed by atoms with E-state index in [9.17, 15) is 9.90 Å². The predicted octanol–water partition coefficient (Wildman–Crippen LogP) is 1.87. The van der Waals surface area contributed by atoms with Gasteiger partial charge in [-0.05, 0) is 17.5 Å². The number of halogens is 1. The number of carbonyl (C=O) groups is 1. The molecule has 0 aromatic heterocycles. The Kier molecular flexibility index (Phi) is 6.50. The molecule has 0 spiro atoms. The second-order valence-corrected chi connectivity index (χ2v) is 6.94. The monoisotopic (exact) mass is 358 g/mol. The van der Waals surface area contributed by atoms with Crippen LogP contribution in [0.15, 0.2) is 12.1 Å². The van der Waals surface area contributed by atoms with Crippen LogP contribution in [0.1, 0.15) is 38.0 Å². The van der Waals surface area contributed by atoms with Crippen molar-refractivity contribution in [3.8, 4) is 11.5 Å². The molecule has 1 amide bonds. The number of benzene rings is 1. The highest BCUT2D eigenvalue weighted by atomic mass is 35.5. The minimum absolute atomic E-state index is 0. The smallest absolute Gasteiger partial charge is 0.240 e. The van der Waals surface area contributed by atoms with Crippen LogP contribution in [0.2, 0.25) is 0 Å². The third-order valence-electron chi connectivity index (χ3n) is 4.30. The number of hydrogen-bond acceptors (Lipinski definition) is 5. The number of nitrogens with two attached hydrogens (primary N) is 1. The minimum Gasteiger partial charge on any atom is -0.496 e. The van der Waals surface area contributed by atoms with Crippen molar-refractivity contribution < 1.29 is 19.4 Å². The molecule has 0 bridgehead atoms. The molecule has 1 heterocycles. The maximum atomic E-state index is 12.7. The zero-order valence-electron chi connectivity index (χ0n) is 14.8. The van der Waals surface area contributed by atoms with Gasteiger partial charge in [-0.1, -0.05) is 20.8 Å². The number of ether oxygens (including phenoxy) is 2. The van der Waals surface area contributed by atoms with E-state index in [4.69, 9.17) is 15.2 Å². The quantitative estimate of drug-likeness (QED) is 0.861. The molecule has 2 atom stereocenters. The standard InChI is InChI=1S/C17H26N2O4.ClH/c1-17(2,3)15(18)16(21)19-8-10-12(22-4)6-7-13(23-5)14(10)11(20)9-19;/h6-7,11,15,20H,8-9,18H2,1-5H3;1H/t11?,15-;/m1./s1. The number of methoxy groups -OCH3 is 2. The first-order chi connectivity index (χ1) is 10.7. The van der Waals surface area contributed by atoms with E-state index >= 15 is 0 Å². The molecule has 1 unspecified atom stereocenters. The summed E-state index contributed by atoms with van der Waals surface area (Å²) in [6.45, 7) is 6.31. The highest BCUT2D eigenvalue weighted by molar-refractivity contribution is 5.85. The van der Waals surface area contributed by atoms with Crippen LogP contribution >= 0.6 is 12.4 Å². The van der Waals surface area contributed by atoms with Crippen molar-refractivity contribution in [2.24, 2.45) is 11.1 Å². The van der Waals surface area contributed by atoms with E-state index in [-0.39, 0.29) is 30.3 Å². The largest absolute Gasteiger partial charge is 0.496 e. The van der Waals surface area contributed by atoms with Gasteiger partial charge in [0.15, 0.2) is 0 Å². The molecule has 0 aliphatic carbocycles. The van der Waals surface area contributed by atoms with E-state index in [1.807, 2.05) is 20.8 Å². The SMILES string of the molecule is COc1ccc(OC)c2c1CN(C(=O)[C@@H](N)C(C)(C)C)CC2O.Cl. The number of hydrogen-bond donors (Lipinski definition) is 2. The Balaban J connectivity index is 0.00000288. The average Bonchev–Trinajstić information content (AvgIpc) is 2.51. The molecule has 7 heteroatoms. The first-order valence-corrected chi connectivity index (χ1v) is 7.66. The molecule has 3 N–H and O–H groups in total. The van der Waals surface area contributed by atoms with Gasteiger partial charge < -0.3 is 25.2 Å². The fraction of sp³-hybridized carbons (Fsp3) is 0.588. The summed E-state index contributed by atoms with van der Waals surface area (Å²) in [7, 11) is 3.12. The van der Waals surface area contributed by atoms with Crippen LogP contribution in [0.3, 0.4) is 0 Å². The lowest BCUT2D eigenvalue weighted by Crippen LogP contribution is -2.52. The number of β-amino-alcohol motifs (C(OH)–C–C–N with tert-alkyl or cyclic N) is 1. The Morgan fingerprint density at radius 2 is 1.83 bits per heavy atom. The minimum atomic E-state index is -0.833. The first-order valence-electron chi connectivity index (χ1n) is 7.66. The number of aliphatic hydroxyl groups excluding tert-OH is 1. The van der Waals surface area contributed by atoms with Gasteiger partial charge in [0.1, 0.15) is 17.6 Å². The molecular weight excluding hydrogens is 332 g/mol. The van der Waals surface area contributed by atoms with E-state index in [1.165, 1.54) is 0 Å². The number of aliphatic hydroxyl groups is 1. The summed E-state index contributed by atoms with van der Waals surface area (Å²) in [5, 5.41) is 10.5. The summed E-state index contributed by atoms with van der Waals surface area (Å²) in [4.78, 5) is 14.3. The summed E-state index contributed by atoms with van der Waals surface area (Å²) >= 11 is 0. The van der Waals surface area contributed by atoms with Crippen LogP contribution in [0, 0.1) is 5.41 Å². The second-order valence-electron chi connectivity index (χ2n) is 6.94. The topological polar surface area (TPSA) is 85.0 Å². The number of nitrogens with zero attached hydrogens (tertiary/aromatic N) is 1. The van der Waals surface area contributed by atoms with E-state index in [0.717, 1.165) is 5.56 Å². The summed E-state index contributed by atoms with van der Waals surface area (Å²) in [6.07, 6.45) is -0.833. The Bertz CT molecular complexity index is 601. The van der Waals surface area contributed by atoms with Crippen LogP contribution in [-0.4, -0.2) is 42.7 Å². The van der Waals surface area contributed by atoms with Crippen LogP contribution in [0.25, 0.3) is 0 Å². The molecule has 0 fully saturated rings. The van der Waals surface area contributed by atoms with Gasteiger partial charge in [-0.15, -0.1) is 12.4 Å². The molecule has 6 nitrogen and oxygen atoms in total. The lowest BCUT2D eigenvalue weighted by atomic mass is 9.85. The maximum Gasteiger partial charge on any atom is 0.240 e. The van der Waals surface area contributed by atoms with Gasteiger partial charge in [-0.3, -0.25) is 4.79 Å². The fourth-order valence-corrected chi connectivity index (χ4v) is 2.81. The summed E-state index contributed by atoms with van der Waals surface area (Å²) in [6, 6.07) is 2.91. The molecule has 1 aromatic rings. The first kappa shape index (κ1) is 20.5. The molecule has 24 heavy (non-hydrogen) atoms. The van der Waals surface area contributed by atoms with Gasteiger partial charge in [0.2, 0.25) is 5.91 Å². The number of carbonyl (C=O) groups excluding carboxylic acids is 1. The van der Waals surface area contributed by atoms with Gasteiger partial charge in [-0.2, -0.15) is 0 Å². The van der Waals surface area contributed by atoms with Crippen molar-refractivity contribution in [3.05, 3.63) is 23.3 Å². The Morgan fingerprint density at radius 1 is 1.29 bits per heavy atom. The third kappa shape index (κ3) is 3.77. The molecule has 0 radical (unpaired) electrons. The number of rotatable bonds is 3. The molecular formula is C17H27ClN2O4. The zero-order valence-corrected chi connectivity index (χ0v) is 15.6. The number of fused-ring (bicyclic) bond motifs is 1. The van der Waals surface area contributed by atoms with Gasteiger partial charge >= 0.3 is 0 Å². The van der Waals surface area contributed by atoms with Gasteiger partial charge in [0.05, 0.1) is 26.8 Å². The van der Waals surface area contributed by atoms with E-state index in [0.29, 0.717) is 23.6 Å². The van der Waals surface area contributed by atoms with Crippen molar-refractivity contribution in [3.63, 3.8) is 0 Å². The molecule has 1 aliphatic heterocycles. The van der Waals surface area contributed by atoms with Crippen LogP contribution < -0.4 is 15.2 Å². The Labute approximate surface area is 149 Å². The van der Waals surface area contributed by atoms with E-state index in [1.54, 1.807) is 31.3 Å². The summed E-state index contributed by atoms with van der Waals surface area (Å²) in [5.41, 5.74) is 7.19. The Hall–Kier alpha value is -1.50. The van der Waals surface area contributed by atoms with E-state index in [2.05, 4.69) is 0 Å². The highest BCUT2D eigenvalue weighted by Crippen LogP contribution is 2.39. The Morgan fingerprint density at radius 3 is 2.33 bits per heavy atom. The van der Waals surface area contributed by atoms with Crippen LogP contribution in [0.4, 0.5) is 0 Å². The van der Waals surface area contributed by atoms with Crippen molar-refractivity contribution >= 4 is 18.3 Å². The lowest BCUT2D eigenvalue weighted by Gasteiger charge is -2.37. The number of amides is 1. The second kappa shape index (κ2) is 7.59. The summed E-state index contributed by atoms with van der Waals surface area (Å²) < 4.78 is 10.7. The van der Waals surface area contributed by atoms with Gasteiger partial charge in [0, 0.05) is 17.7 Å². The predicted molar refractivity (Wildman–Crippen MR) is 94.6 cm³/mol. The lowest BCUT2D eigenvalue weighted by molar-refractivity contribution is -0.137. The molecule has 136 valence electrons. The van der Waals surface area contributed by atoms with Gasteiger partial charge in [-0.25, -0.2) is 0 Å². The van der Waals surface area contributed by atoms with Gasteiger partial charge in [0.25, 0.3) is 0 Å². The van der Waals surface area contributed by atoms with Crippen molar-refractivity contribution in [2.45, 2.75) is 39.5 Å².